The molecule has 0 aliphatic carbocycles. The molecule has 2 aliphatic heterocycles. The molecule has 2 aliphatic rings. The number of aliphatic hydroxyl groups is 1. The van der Waals surface area contributed by atoms with E-state index in [2.05, 4.69) is 20.4 Å². The highest BCUT2D eigenvalue weighted by molar-refractivity contribution is 5.98. The number of benzene rings is 1. The van der Waals surface area contributed by atoms with Gasteiger partial charge >= 0.3 is 0 Å². The lowest BCUT2D eigenvalue weighted by Gasteiger charge is -2.27. The molecule has 10 heteroatoms. The molecule has 31 heavy (non-hydrogen) atoms. The van der Waals surface area contributed by atoms with Crippen molar-refractivity contribution in [3.8, 4) is 5.75 Å². The van der Waals surface area contributed by atoms with E-state index in [0.29, 0.717) is 46.1 Å². The number of hydrogen-bond donors (Lipinski definition) is 4. The van der Waals surface area contributed by atoms with Crippen molar-refractivity contribution < 1.29 is 29.3 Å². The lowest BCUT2D eigenvalue weighted by Crippen LogP contribution is -2.50. The molecule has 0 bridgehead atoms. The van der Waals surface area contributed by atoms with Crippen molar-refractivity contribution in [3.05, 3.63) is 29.3 Å². The summed E-state index contributed by atoms with van der Waals surface area (Å²) in [4.78, 5) is 29.4. The van der Waals surface area contributed by atoms with Crippen LogP contribution in [0, 0.1) is 0 Å². The van der Waals surface area contributed by atoms with E-state index in [0.717, 1.165) is 31.7 Å². The Hall–Kier alpha value is -2.24. The minimum atomic E-state index is -1.07. The maximum atomic E-state index is 12.7. The molecule has 10 nitrogen and oxygen atoms in total. The third kappa shape index (κ3) is 7.44. The van der Waals surface area contributed by atoms with E-state index < -0.39 is 24.5 Å². The maximum Gasteiger partial charge on any atom is 0.252 e. The second-order valence-corrected chi connectivity index (χ2v) is 7.73. The Balaban J connectivity index is 1.52. The van der Waals surface area contributed by atoms with Crippen LogP contribution in [-0.4, -0.2) is 110 Å². The van der Waals surface area contributed by atoms with Gasteiger partial charge in [-0.2, -0.15) is 0 Å². The van der Waals surface area contributed by atoms with Crippen LogP contribution < -0.4 is 10.6 Å². The molecule has 2 heterocycles. The van der Waals surface area contributed by atoms with Crippen LogP contribution in [0.2, 0.25) is 0 Å². The minimum absolute atomic E-state index is 0.0218. The zero-order valence-corrected chi connectivity index (χ0v) is 17.7. The summed E-state index contributed by atoms with van der Waals surface area (Å²) in [5, 5.41) is 24.9. The Morgan fingerprint density at radius 2 is 1.65 bits per heavy atom. The summed E-state index contributed by atoms with van der Waals surface area (Å²) in [6, 6.07) is 3.59. The molecule has 172 valence electrons. The lowest BCUT2D eigenvalue weighted by molar-refractivity contribution is -0.123. The van der Waals surface area contributed by atoms with Crippen molar-refractivity contribution in [2.75, 3.05) is 72.3 Å². The van der Waals surface area contributed by atoms with Crippen LogP contribution in [-0.2, 0) is 20.8 Å². The Bertz CT molecular complexity index is 735. The zero-order valence-electron chi connectivity index (χ0n) is 17.7. The first-order valence-corrected chi connectivity index (χ1v) is 10.7. The zero-order chi connectivity index (χ0) is 22.1. The number of aromatic hydroxyl groups is 1. The Kier molecular flexibility index (Phi) is 9.04. The van der Waals surface area contributed by atoms with E-state index in [4.69, 9.17) is 9.47 Å². The first kappa shape index (κ1) is 23.4. The van der Waals surface area contributed by atoms with E-state index in [1.54, 1.807) is 12.1 Å². The maximum absolute atomic E-state index is 12.7. The van der Waals surface area contributed by atoms with Crippen LogP contribution in [0.15, 0.2) is 18.2 Å². The van der Waals surface area contributed by atoms with Gasteiger partial charge in [-0.1, -0.05) is 0 Å². The number of phenols is 1. The van der Waals surface area contributed by atoms with Gasteiger partial charge in [0.15, 0.2) is 0 Å². The van der Waals surface area contributed by atoms with Crippen molar-refractivity contribution >= 4 is 11.8 Å². The highest BCUT2D eigenvalue weighted by Crippen LogP contribution is 2.18. The van der Waals surface area contributed by atoms with Gasteiger partial charge < -0.3 is 30.3 Å². The van der Waals surface area contributed by atoms with Crippen LogP contribution in [0.4, 0.5) is 0 Å². The predicted octanol–water partition coefficient (Wildman–Crippen LogP) is -1.24. The summed E-state index contributed by atoms with van der Waals surface area (Å²) in [7, 11) is 0. The molecular weight excluding hydrogens is 404 g/mol. The summed E-state index contributed by atoms with van der Waals surface area (Å²) >= 11 is 0. The standard InChI is InChI=1S/C21H32N4O6/c26-15-19(21(29)22-1-2-24-3-7-30-8-4-24)23-20(28)17-11-16(12-18(27)13-17)14-25-5-9-31-10-6-25/h11-13,19,26-27H,1-10,14-15H2,(H,22,29)(H,23,28)/t19-/m0/s1. The molecule has 1 aromatic carbocycles. The summed E-state index contributed by atoms with van der Waals surface area (Å²) in [6.07, 6.45) is 0. The van der Waals surface area contributed by atoms with Gasteiger partial charge in [-0.25, -0.2) is 0 Å². The minimum Gasteiger partial charge on any atom is -0.508 e. The number of phenolic OH excluding ortho intramolecular Hbond substituents is 1. The van der Waals surface area contributed by atoms with Gasteiger partial charge in [0.05, 0.1) is 33.0 Å². The molecule has 2 fully saturated rings. The van der Waals surface area contributed by atoms with Gasteiger partial charge in [0, 0.05) is 51.4 Å². The SMILES string of the molecule is O=C(N[C@@H](CO)C(=O)NCCN1CCOCC1)c1cc(O)cc(CN2CCOCC2)c1. The molecule has 3 rings (SSSR count). The second-order valence-electron chi connectivity index (χ2n) is 7.73. The van der Waals surface area contributed by atoms with Crippen molar-refractivity contribution in [2.45, 2.75) is 12.6 Å². The fourth-order valence-corrected chi connectivity index (χ4v) is 3.63. The molecule has 0 radical (unpaired) electrons. The highest BCUT2D eigenvalue weighted by atomic mass is 16.5. The summed E-state index contributed by atoms with van der Waals surface area (Å²) < 4.78 is 10.6. The van der Waals surface area contributed by atoms with E-state index in [1.165, 1.54) is 6.07 Å². The molecule has 0 saturated carbocycles. The second kappa shape index (κ2) is 12.0. The van der Waals surface area contributed by atoms with E-state index in [-0.39, 0.29) is 11.3 Å². The van der Waals surface area contributed by atoms with Gasteiger partial charge in [0.1, 0.15) is 11.8 Å². The van der Waals surface area contributed by atoms with Crippen LogP contribution in [0.1, 0.15) is 15.9 Å². The number of morpholine rings is 2. The monoisotopic (exact) mass is 436 g/mol. The fourth-order valence-electron chi connectivity index (χ4n) is 3.63. The first-order valence-electron chi connectivity index (χ1n) is 10.7. The average molecular weight is 437 g/mol. The van der Waals surface area contributed by atoms with Crippen molar-refractivity contribution in [3.63, 3.8) is 0 Å². The fraction of sp³-hybridized carbons (Fsp3) is 0.619. The molecule has 2 amide bonds. The molecule has 1 aromatic rings. The van der Waals surface area contributed by atoms with Gasteiger partial charge in [-0.15, -0.1) is 0 Å². The van der Waals surface area contributed by atoms with Crippen LogP contribution in [0.5, 0.6) is 5.75 Å². The third-order valence-corrected chi connectivity index (χ3v) is 5.38. The van der Waals surface area contributed by atoms with Crippen molar-refractivity contribution in [1.29, 1.82) is 0 Å². The number of hydrogen-bond acceptors (Lipinski definition) is 8. The molecule has 0 spiro atoms. The van der Waals surface area contributed by atoms with Crippen LogP contribution in [0.3, 0.4) is 0 Å². The van der Waals surface area contributed by atoms with Gasteiger partial charge in [-0.05, 0) is 23.8 Å². The van der Waals surface area contributed by atoms with Crippen molar-refractivity contribution in [1.82, 2.24) is 20.4 Å². The van der Waals surface area contributed by atoms with E-state index >= 15 is 0 Å². The van der Waals surface area contributed by atoms with Gasteiger partial charge in [-0.3, -0.25) is 19.4 Å². The Morgan fingerprint density at radius 1 is 1.00 bits per heavy atom. The Morgan fingerprint density at radius 3 is 2.29 bits per heavy atom. The summed E-state index contributed by atoms with van der Waals surface area (Å²) in [6.45, 7) is 7.05. The molecule has 4 N–H and O–H groups in total. The number of ether oxygens (including phenoxy) is 2. The van der Waals surface area contributed by atoms with Crippen LogP contribution >= 0.6 is 0 Å². The summed E-state index contributed by atoms with van der Waals surface area (Å²) in [5.41, 5.74) is 1.03. The largest absolute Gasteiger partial charge is 0.508 e. The quantitative estimate of drug-likeness (QED) is 0.379. The molecule has 1 atom stereocenters. The average Bonchev–Trinajstić information content (AvgIpc) is 2.78. The molecule has 0 unspecified atom stereocenters. The normalized spacial score (nSPS) is 19.0. The molecule has 0 aromatic heterocycles. The smallest absolute Gasteiger partial charge is 0.252 e. The number of aliphatic hydroxyl groups excluding tert-OH is 1. The van der Waals surface area contributed by atoms with Gasteiger partial charge in [0.2, 0.25) is 5.91 Å². The summed E-state index contributed by atoms with van der Waals surface area (Å²) in [5.74, 6) is -0.995. The number of amides is 2. The van der Waals surface area contributed by atoms with Crippen molar-refractivity contribution in [2.24, 2.45) is 0 Å². The first-order chi connectivity index (χ1) is 15.0. The molecular formula is C21H32N4O6. The Labute approximate surface area is 182 Å². The molecule has 2 saturated heterocycles. The number of nitrogens with one attached hydrogen (secondary N) is 2. The number of carbonyl (C=O) groups is 2. The van der Waals surface area contributed by atoms with E-state index in [9.17, 15) is 19.8 Å². The van der Waals surface area contributed by atoms with Crippen LogP contribution in [0.25, 0.3) is 0 Å². The number of carbonyl (C=O) groups excluding carboxylic acids is 2. The van der Waals surface area contributed by atoms with E-state index in [1.807, 2.05) is 0 Å². The third-order valence-electron chi connectivity index (χ3n) is 5.38. The lowest BCUT2D eigenvalue weighted by atomic mass is 10.1. The predicted molar refractivity (Wildman–Crippen MR) is 113 cm³/mol. The van der Waals surface area contributed by atoms with Gasteiger partial charge in [0.25, 0.3) is 5.91 Å². The number of nitrogens with zero attached hydrogens (tertiary/aromatic N) is 2. The number of rotatable bonds is 9. The topological polar surface area (TPSA) is 124 Å². The highest BCUT2D eigenvalue weighted by Gasteiger charge is 2.22.